The lowest BCUT2D eigenvalue weighted by atomic mass is 10.1. The number of aliphatic hydroxyl groups is 1. The van der Waals surface area contributed by atoms with Crippen molar-refractivity contribution in [2.45, 2.75) is 26.1 Å². The van der Waals surface area contributed by atoms with Gasteiger partial charge in [-0.2, -0.15) is 14.7 Å². The summed E-state index contributed by atoms with van der Waals surface area (Å²) < 4.78 is 3.47. The second kappa shape index (κ2) is 10.3. The molecule has 1 aromatic carbocycles. The number of halogens is 1. The smallest absolute Gasteiger partial charge is 0.270 e. The van der Waals surface area contributed by atoms with Crippen LogP contribution < -0.4 is 10.2 Å². The van der Waals surface area contributed by atoms with Crippen LogP contribution in [0.2, 0.25) is 5.02 Å². The van der Waals surface area contributed by atoms with Crippen molar-refractivity contribution < 1.29 is 9.90 Å². The van der Waals surface area contributed by atoms with Gasteiger partial charge in [0, 0.05) is 60.6 Å². The summed E-state index contributed by atoms with van der Waals surface area (Å²) in [5, 5.41) is 21.8. The highest BCUT2D eigenvalue weighted by Gasteiger charge is 2.26. The number of carbonyl (C=O) groups is 1. The van der Waals surface area contributed by atoms with Crippen LogP contribution in [-0.4, -0.2) is 79.6 Å². The van der Waals surface area contributed by atoms with Crippen LogP contribution in [0.15, 0.2) is 48.9 Å². The Labute approximate surface area is 214 Å². The van der Waals surface area contributed by atoms with Gasteiger partial charge in [-0.1, -0.05) is 23.7 Å². The van der Waals surface area contributed by atoms with E-state index in [2.05, 4.69) is 39.3 Å². The molecule has 2 N–H and O–H groups in total. The number of rotatable bonds is 7. The highest BCUT2D eigenvalue weighted by atomic mass is 35.5. The number of likely N-dealkylation sites (N-methyl/N-ethyl adjacent to an activating group) is 1. The number of anilines is 1. The van der Waals surface area contributed by atoms with E-state index >= 15 is 0 Å². The third kappa shape index (κ3) is 4.92. The molecule has 188 valence electrons. The lowest BCUT2D eigenvalue weighted by molar-refractivity contribution is 0.0946. The summed E-state index contributed by atoms with van der Waals surface area (Å²) in [4.78, 5) is 22.6. The first-order valence-electron chi connectivity index (χ1n) is 11.9. The van der Waals surface area contributed by atoms with Gasteiger partial charge in [0.25, 0.3) is 5.91 Å². The van der Waals surface area contributed by atoms with E-state index in [1.165, 1.54) is 0 Å². The molecule has 4 heterocycles. The fourth-order valence-electron chi connectivity index (χ4n) is 4.55. The topological polar surface area (TPSA) is 104 Å². The van der Waals surface area contributed by atoms with Crippen LogP contribution in [0, 0.1) is 0 Å². The van der Waals surface area contributed by atoms with Gasteiger partial charge < -0.3 is 20.2 Å². The summed E-state index contributed by atoms with van der Waals surface area (Å²) in [6.07, 6.45) is 5.32. The molecule has 1 saturated heterocycles. The van der Waals surface area contributed by atoms with Gasteiger partial charge in [-0.15, -0.1) is 0 Å². The summed E-state index contributed by atoms with van der Waals surface area (Å²) in [6, 6.07) is 9.42. The average Bonchev–Trinajstić information content (AvgIpc) is 3.50. The second-order valence-electron chi connectivity index (χ2n) is 9.12. The highest BCUT2D eigenvalue weighted by Crippen LogP contribution is 2.28. The van der Waals surface area contributed by atoms with Crippen LogP contribution in [-0.2, 0) is 13.1 Å². The van der Waals surface area contributed by atoms with Crippen molar-refractivity contribution in [3.05, 3.63) is 65.2 Å². The van der Waals surface area contributed by atoms with Gasteiger partial charge in [0.05, 0.1) is 25.5 Å². The molecule has 0 aliphatic carbocycles. The van der Waals surface area contributed by atoms with E-state index in [1.54, 1.807) is 33.7 Å². The normalized spacial score (nSPS) is 16.6. The molecule has 1 amide bonds. The van der Waals surface area contributed by atoms with E-state index in [-0.39, 0.29) is 18.6 Å². The molecule has 0 bridgehead atoms. The number of amides is 1. The Kier molecular flexibility index (Phi) is 6.90. The fourth-order valence-corrected chi connectivity index (χ4v) is 4.68. The summed E-state index contributed by atoms with van der Waals surface area (Å²) >= 11 is 5.98. The summed E-state index contributed by atoms with van der Waals surface area (Å²) in [7, 11) is 2.11. The standard InChI is InChI=1S/C25H29ClN8O2/c1-17-15-31(2)7-8-33(17)23-11-22(25(36)27-12-18-3-5-20(26)6-4-18)30-24-21(14-29-34(23)24)19-13-28-32(16-19)9-10-35/h3-6,11,13-14,16-17,35H,7-10,12,15H2,1-2H3,(H,27,36). The summed E-state index contributed by atoms with van der Waals surface area (Å²) in [5.74, 6) is 0.560. The van der Waals surface area contributed by atoms with Crippen molar-refractivity contribution in [1.82, 2.24) is 34.6 Å². The number of piperazine rings is 1. The molecule has 11 heteroatoms. The Morgan fingerprint density at radius 1 is 1.19 bits per heavy atom. The Bertz CT molecular complexity index is 1370. The van der Waals surface area contributed by atoms with E-state index in [4.69, 9.17) is 16.6 Å². The SMILES string of the molecule is CC1CN(C)CCN1c1cc(C(=O)NCc2ccc(Cl)cc2)nc2c(-c3cnn(CCO)c3)cnn12. The first-order chi connectivity index (χ1) is 17.4. The first-order valence-corrected chi connectivity index (χ1v) is 12.3. The Hall–Kier alpha value is -3.47. The van der Waals surface area contributed by atoms with Gasteiger partial charge in [-0.3, -0.25) is 9.48 Å². The monoisotopic (exact) mass is 508 g/mol. The van der Waals surface area contributed by atoms with Crippen LogP contribution in [0.25, 0.3) is 16.8 Å². The number of aliphatic hydroxyl groups excluding tert-OH is 1. The number of benzene rings is 1. The summed E-state index contributed by atoms with van der Waals surface area (Å²) in [6.45, 7) is 5.56. The molecule has 1 atom stereocenters. The van der Waals surface area contributed by atoms with Crippen LogP contribution in [0.1, 0.15) is 23.0 Å². The predicted octanol–water partition coefficient (Wildman–Crippen LogP) is 2.31. The minimum Gasteiger partial charge on any atom is -0.394 e. The summed E-state index contributed by atoms with van der Waals surface area (Å²) in [5.41, 5.74) is 3.45. The van der Waals surface area contributed by atoms with Gasteiger partial charge in [-0.05, 0) is 31.7 Å². The van der Waals surface area contributed by atoms with Gasteiger partial charge in [-0.25, -0.2) is 4.98 Å². The molecule has 4 aromatic rings. The van der Waals surface area contributed by atoms with Crippen LogP contribution in [0.5, 0.6) is 0 Å². The lowest BCUT2D eigenvalue weighted by Gasteiger charge is -2.39. The number of hydrogen-bond acceptors (Lipinski definition) is 7. The predicted molar refractivity (Wildman–Crippen MR) is 138 cm³/mol. The van der Waals surface area contributed by atoms with E-state index in [0.29, 0.717) is 29.5 Å². The van der Waals surface area contributed by atoms with Crippen molar-refractivity contribution in [1.29, 1.82) is 0 Å². The lowest BCUT2D eigenvalue weighted by Crippen LogP contribution is -2.51. The Morgan fingerprint density at radius 3 is 2.75 bits per heavy atom. The molecule has 0 spiro atoms. The number of aromatic nitrogens is 5. The third-order valence-corrected chi connectivity index (χ3v) is 6.70. The second-order valence-corrected chi connectivity index (χ2v) is 9.56. The van der Waals surface area contributed by atoms with Crippen molar-refractivity contribution in [3.8, 4) is 11.1 Å². The van der Waals surface area contributed by atoms with Crippen LogP contribution in [0.4, 0.5) is 5.82 Å². The Morgan fingerprint density at radius 2 is 2.00 bits per heavy atom. The minimum atomic E-state index is -0.265. The molecule has 1 unspecified atom stereocenters. The molecule has 1 fully saturated rings. The van der Waals surface area contributed by atoms with Crippen molar-refractivity contribution in [2.24, 2.45) is 0 Å². The van der Waals surface area contributed by atoms with Gasteiger partial charge in [0.1, 0.15) is 11.5 Å². The minimum absolute atomic E-state index is 0.00247. The number of nitrogens with one attached hydrogen (secondary N) is 1. The molecule has 1 aliphatic heterocycles. The molecule has 0 radical (unpaired) electrons. The quantitative estimate of drug-likeness (QED) is 0.395. The van der Waals surface area contributed by atoms with E-state index in [1.807, 2.05) is 24.4 Å². The van der Waals surface area contributed by atoms with Gasteiger partial charge in [0.2, 0.25) is 0 Å². The molecule has 0 saturated carbocycles. The van der Waals surface area contributed by atoms with Gasteiger partial charge >= 0.3 is 0 Å². The molecule has 10 nitrogen and oxygen atoms in total. The average molecular weight is 509 g/mol. The van der Waals surface area contributed by atoms with E-state index in [9.17, 15) is 9.90 Å². The van der Waals surface area contributed by atoms with E-state index < -0.39 is 0 Å². The zero-order valence-electron chi connectivity index (χ0n) is 20.3. The number of hydrogen-bond donors (Lipinski definition) is 2. The van der Waals surface area contributed by atoms with Crippen molar-refractivity contribution in [2.75, 3.05) is 38.2 Å². The molecule has 36 heavy (non-hydrogen) atoms. The van der Waals surface area contributed by atoms with Crippen molar-refractivity contribution >= 4 is 29.0 Å². The molecular weight excluding hydrogens is 480 g/mol. The number of fused-ring (bicyclic) bond motifs is 1. The fraction of sp³-hybridized carbons (Fsp3) is 0.360. The highest BCUT2D eigenvalue weighted by molar-refractivity contribution is 6.30. The van der Waals surface area contributed by atoms with Gasteiger partial charge in [0.15, 0.2) is 5.65 Å². The van der Waals surface area contributed by atoms with Crippen LogP contribution in [0.3, 0.4) is 0 Å². The largest absolute Gasteiger partial charge is 0.394 e. The van der Waals surface area contributed by atoms with Crippen LogP contribution >= 0.6 is 11.6 Å². The maximum Gasteiger partial charge on any atom is 0.270 e. The molecule has 1 aliphatic rings. The molecule has 5 rings (SSSR count). The molecular formula is C25H29ClN8O2. The maximum atomic E-state index is 13.3. The maximum absolute atomic E-state index is 13.3. The Balaban J connectivity index is 1.53. The van der Waals surface area contributed by atoms with E-state index in [0.717, 1.165) is 42.1 Å². The molecule has 3 aromatic heterocycles. The first kappa shape index (κ1) is 24.2. The number of nitrogens with zero attached hydrogens (tertiary/aromatic N) is 7. The van der Waals surface area contributed by atoms with Crippen molar-refractivity contribution in [3.63, 3.8) is 0 Å². The third-order valence-electron chi connectivity index (χ3n) is 6.45. The zero-order valence-corrected chi connectivity index (χ0v) is 21.1. The number of carbonyl (C=O) groups excluding carboxylic acids is 1. The zero-order chi connectivity index (χ0) is 25.2.